The number of halogens is 3. The van der Waals surface area contributed by atoms with Gasteiger partial charge in [-0.15, -0.1) is 13.2 Å². The lowest BCUT2D eigenvalue weighted by atomic mass is 10.1. The van der Waals surface area contributed by atoms with Gasteiger partial charge in [0.2, 0.25) is 15.9 Å². The van der Waals surface area contributed by atoms with Crippen LogP contribution in [0.15, 0.2) is 53.4 Å². The third-order valence-corrected chi connectivity index (χ3v) is 6.08. The third kappa shape index (κ3) is 8.56. The third-order valence-electron chi connectivity index (χ3n) is 4.61. The first-order valence-corrected chi connectivity index (χ1v) is 11.3. The largest absolute Gasteiger partial charge is 0.573 e. The maximum Gasteiger partial charge on any atom is 0.573 e. The van der Waals surface area contributed by atoms with E-state index in [-0.39, 0.29) is 29.8 Å². The van der Waals surface area contributed by atoms with E-state index >= 15 is 0 Å². The van der Waals surface area contributed by atoms with Crippen LogP contribution in [0.25, 0.3) is 0 Å². The van der Waals surface area contributed by atoms with E-state index in [1.807, 2.05) is 43.3 Å². The fourth-order valence-electron chi connectivity index (χ4n) is 2.95. The quantitative estimate of drug-likeness (QED) is 0.504. The van der Waals surface area contributed by atoms with Crippen molar-refractivity contribution in [3.63, 3.8) is 0 Å². The molecule has 12 heteroatoms. The summed E-state index contributed by atoms with van der Waals surface area (Å²) in [6.45, 7) is 0.118. The average Bonchev–Trinajstić information content (AvgIpc) is 2.73. The highest BCUT2D eigenvalue weighted by Crippen LogP contribution is 2.24. The number of benzene rings is 2. The smallest absolute Gasteiger partial charge is 0.497 e. The van der Waals surface area contributed by atoms with Gasteiger partial charge in [0.15, 0.2) is 0 Å². The Morgan fingerprint density at radius 2 is 1.76 bits per heavy atom. The van der Waals surface area contributed by atoms with Gasteiger partial charge < -0.3 is 19.7 Å². The molecule has 0 saturated carbocycles. The van der Waals surface area contributed by atoms with Crippen LogP contribution in [0.4, 0.5) is 13.2 Å². The molecule has 0 fully saturated rings. The molecule has 0 aliphatic rings. The van der Waals surface area contributed by atoms with Crippen LogP contribution in [-0.2, 0) is 14.8 Å². The predicted octanol–water partition coefficient (Wildman–Crippen LogP) is 2.68. The second kappa shape index (κ2) is 11.3. The number of rotatable bonds is 11. The predicted molar refractivity (Wildman–Crippen MR) is 115 cm³/mol. The summed E-state index contributed by atoms with van der Waals surface area (Å²) in [6.07, 6.45) is -4.99. The normalized spacial score (nSPS) is 12.9. The summed E-state index contributed by atoms with van der Waals surface area (Å²) >= 11 is 0. The molecule has 1 atom stereocenters. The van der Waals surface area contributed by atoms with Crippen molar-refractivity contribution in [2.24, 2.45) is 0 Å². The number of sulfonamides is 1. The fourth-order valence-corrected chi connectivity index (χ4v) is 3.98. The number of carbonyl (C=O) groups excluding carboxylic acids is 1. The Hall–Kier alpha value is -2.83. The minimum atomic E-state index is -4.87. The number of hydrogen-bond donors (Lipinski definition) is 2. The van der Waals surface area contributed by atoms with Gasteiger partial charge in [-0.25, -0.2) is 13.1 Å². The number of methoxy groups -OCH3 is 1. The maximum absolute atomic E-state index is 12.3. The summed E-state index contributed by atoms with van der Waals surface area (Å²) in [7, 11) is 1.31. The van der Waals surface area contributed by atoms with Gasteiger partial charge in [0.25, 0.3) is 0 Å². The van der Waals surface area contributed by atoms with Crippen LogP contribution in [0.3, 0.4) is 0 Å². The van der Waals surface area contributed by atoms with E-state index in [0.717, 1.165) is 29.8 Å². The Labute approximate surface area is 190 Å². The van der Waals surface area contributed by atoms with Gasteiger partial charge in [-0.05, 0) is 56.1 Å². The molecule has 8 nitrogen and oxygen atoms in total. The minimum absolute atomic E-state index is 0.118. The molecule has 0 spiro atoms. The van der Waals surface area contributed by atoms with Crippen molar-refractivity contribution in [1.82, 2.24) is 14.9 Å². The summed E-state index contributed by atoms with van der Waals surface area (Å²) in [4.78, 5) is 13.9. The van der Waals surface area contributed by atoms with Gasteiger partial charge in [-0.3, -0.25) is 4.79 Å². The fraction of sp³-hybridized carbons (Fsp3) is 0.381. The number of amides is 1. The van der Waals surface area contributed by atoms with Crippen molar-refractivity contribution >= 4 is 15.9 Å². The maximum atomic E-state index is 12.3. The minimum Gasteiger partial charge on any atom is -0.497 e. The SMILES string of the molecule is COc1cccc(C(CNC(=O)CCNS(=O)(=O)c2ccc(OC(F)(F)F)cc2)N(C)C)c1. The molecule has 0 saturated heterocycles. The molecule has 1 unspecified atom stereocenters. The van der Waals surface area contributed by atoms with E-state index in [4.69, 9.17) is 4.74 Å². The second-order valence-corrected chi connectivity index (χ2v) is 8.99. The summed E-state index contributed by atoms with van der Waals surface area (Å²) in [5.41, 5.74) is 0.943. The van der Waals surface area contributed by atoms with Gasteiger partial charge in [0.1, 0.15) is 11.5 Å². The van der Waals surface area contributed by atoms with Crippen LogP contribution in [-0.4, -0.2) is 59.9 Å². The zero-order valence-corrected chi connectivity index (χ0v) is 19.2. The summed E-state index contributed by atoms with van der Waals surface area (Å²) in [6, 6.07) is 11.1. The topological polar surface area (TPSA) is 97.0 Å². The number of nitrogens with zero attached hydrogens (tertiary/aromatic N) is 1. The molecule has 0 bridgehead atoms. The van der Waals surface area contributed by atoms with E-state index in [2.05, 4.69) is 14.8 Å². The van der Waals surface area contributed by atoms with Crippen LogP contribution in [0.5, 0.6) is 11.5 Å². The molecule has 0 heterocycles. The molecular weight excluding hydrogens is 463 g/mol. The van der Waals surface area contributed by atoms with Crippen molar-refractivity contribution in [2.75, 3.05) is 34.3 Å². The molecule has 0 aliphatic carbocycles. The van der Waals surface area contributed by atoms with Crippen LogP contribution in [0.1, 0.15) is 18.0 Å². The molecular formula is C21H26F3N3O5S. The highest BCUT2D eigenvalue weighted by atomic mass is 32.2. The van der Waals surface area contributed by atoms with E-state index in [0.29, 0.717) is 12.3 Å². The summed E-state index contributed by atoms with van der Waals surface area (Å²) < 4.78 is 72.4. The molecule has 0 aliphatic heterocycles. The first kappa shape index (κ1) is 26.4. The lowest BCUT2D eigenvalue weighted by Crippen LogP contribution is -2.36. The molecule has 0 radical (unpaired) electrons. The Kier molecular flexibility index (Phi) is 9.08. The Morgan fingerprint density at radius 3 is 2.33 bits per heavy atom. The monoisotopic (exact) mass is 489 g/mol. The Morgan fingerprint density at radius 1 is 1.09 bits per heavy atom. The van der Waals surface area contributed by atoms with Gasteiger partial charge in [-0.1, -0.05) is 12.1 Å². The van der Waals surface area contributed by atoms with Crippen molar-refractivity contribution in [2.45, 2.75) is 23.7 Å². The van der Waals surface area contributed by atoms with Gasteiger partial charge in [0.05, 0.1) is 18.0 Å². The lowest BCUT2D eigenvalue weighted by molar-refractivity contribution is -0.274. The average molecular weight is 490 g/mol. The van der Waals surface area contributed by atoms with Crippen LogP contribution in [0, 0.1) is 0 Å². The first-order chi connectivity index (χ1) is 15.4. The number of carbonyl (C=O) groups is 1. The zero-order valence-electron chi connectivity index (χ0n) is 18.3. The molecule has 33 heavy (non-hydrogen) atoms. The summed E-state index contributed by atoms with van der Waals surface area (Å²) in [5, 5.41) is 2.78. The lowest BCUT2D eigenvalue weighted by Gasteiger charge is -2.25. The standard InChI is InChI=1S/C21H26F3N3O5S/c1-27(2)19(15-5-4-6-17(13-15)31-3)14-25-20(28)11-12-26-33(29,30)18-9-7-16(8-10-18)32-21(22,23)24/h4-10,13,19,26H,11-12,14H2,1-3H3,(H,25,28). The number of ether oxygens (including phenoxy) is 2. The number of alkyl halides is 3. The number of nitrogens with one attached hydrogen (secondary N) is 2. The molecule has 2 rings (SSSR count). The molecule has 2 aromatic carbocycles. The van der Waals surface area contributed by atoms with Crippen molar-refractivity contribution in [3.05, 3.63) is 54.1 Å². The number of hydrogen-bond acceptors (Lipinski definition) is 6. The van der Waals surface area contributed by atoms with Gasteiger partial charge >= 0.3 is 6.36 Å². The molecule has 2 N–H and O–H groups in total. The number of likely N-dealkylation sites (N-methyl/N-ethyl adjacent to an activating group) is 1. The first-order valence-electron chi connectivity index (χ1n) is 9.84. The molecule has 0 aromatic heterocycles. The van der Waals surface area contributed by atoms with E-state index < -0.39 is 22.1 Å². The van der Waals surface area contributed by atoms with Gasteiger partial charge in [0, 0.05) is 19.5 Å². The van der Waals surface area contributed by atoms with Crippen molar-refractivity contribution in [1.29, 1.82) is 0 Å². The highest BCUT2D eigenvalue weighted by molar-refractivity contribution is 7.89. The molecule has 2 aromatic rings. The highest BCUT2D eigenvalue weighted by Gasteiger charge is 2.31. The van der Waals surface area contributed by atoms with Crippen molar-refractivity contribution in [3.8, 4) is 11.5 Å². The second-order valence-electron chi connectivity index (χ2n) is 7.23. The van der Waals surface area contributed by atoms with E-state index in [1.54, 1.807) is 7.11 Å². The Bertz CT molecular complexity index is 1030. The van der Waals surface area contributed by atoms with Gasteiger partial charge in [-0.2, -0.15) is 0 Å². The zero-order chi connectivity index (χ0) is 24.6. The summed E-state index contributed by atoms with van der Waals surface area (Å²) in [5.74, 6) is -0.202. The van der Waals surface area contributed by atoms with Crippen LogP contribution < -0.4 is 19.5 Å². The van der Waals surface area contributed by atoms with E-state index in [1.165, 1.54) is 0 Å². The Balaban J connectivity index is 1.87. The van der Waals surface area contributed by atoms with Crippen molar-refractivity contribution < 1.29 is 35.9 Å². The van der Waals surface area contributed by atoms with Crippen LogP contribution in [0.2, 0.25) is 0 Å². The van der Waals surface area contributed by atoms with Crippen LogP contribution >= 0.6 is 0 Å². The van der Waals surface area contributed by atoms with E-state index in [9.17, 15) is 26.4 Å². The molecule has 182 valence electrons. The molecule has 1 amide bonds.